The van der Waals surface area contributed by atoms with Crippen molar-refractivity contribution in [1.29, 1.82) is 0 Å². The number of oxazole rings is 1. The Labute approximate surface area is 148 Å². The van der Waals surface area contributed by atoms with Crippen LogP contribution in [-0.4, -0.2) is 25.3 Å². The summed E-state index contributed by atoms with van der Waals surface area (Å²) in [5.74, 6) is 0. The molecule has 1 N–H and O–H groups in total. The number of hydrogen-bond donors (Lipinski definition) is 1. The number of aromatic nitrogens is 3. The summed E-state index contributed by atoms with van der Waals surface area (Å²) in [6, 6.07) is 14.7. The standard InChI is InChI=1S/C19H16N4O3/c24-12-16-13-26-19(23(16)11-14-5-2-1-3-6-14)21-18(25)22-10-8-15-7-4-9-20-17(15)22/h1-10,13,24H,11-12H2. The summed E-state index contributed by atoms with van der Waals surface area (Å²) in [4.78, 5) is 20.9. The molecule has 4 aromatic rings. The first-order valence-electron chi connectivity index (χ1n) is 8.09. The predicted molar refractivity (Wildman–Crippen MR) is 94.3 cm³/mol. The van der Waals surface area contributed by atoms with Crippen LogP contribution in [0.5, 0.6) is 0 Å². The van der Waals surface area contributed by atoms with Crippen LogP contribution in [-0.2, 0) is 13.2 Å². The molecule has 0 saturated heterocycles. The highest BCUT2D eigenvalue weighted by Gasteiger charge is 2.12. The topological polar surface area (TPSA) is 85.5 Å². The van der Waals surface area contributed by atoms with Crippen molar-refractivity contribution in [2.75, 3.05) is 0 Å². The highest BCUT2D eigenvalue weighted by Crippen LogP contribution is 2.12. The van der Waals surface area contributed by atoms with Crippen LogP contribution in [0.3, 0.4) is 0 Å². The first-order chi connectivity index (χ1) is 12.8. The fraction of sp³-hybridized carbons (Fsp3) is 0.105. The Hall–Kier alpha value is -3.45. The Morgan fingerprint density at radius 1 is 1.15 bits per heavy atom. The zero-order valence-electron chi connectivity index (χ0n) is 13.8. The van der Waals surface area contributed by atoms with Gasteiger partial charge in [0.05, 0.1) is 18.8 Å². The van der Waals surface area contributed by atoms with E-state index >= 15 is 0 Å². The summed E-state index contributed by atoms with van der Waals surface area (Å²) in [6.45, 7) is 0.220. The maximum atomic E-state index is 12.6. The Kier molecular flexibility index (Phi) is 4.20. The van der Waals surface area contributed by atoms with E-state index in [1.54, 1.807) is 23.0 Å². The van der Waals surface area contributed by atoms with Gasteiger partial charge in [0, 0.05) is 17.8 Å². The van der Waals surface area contributed by atoms with E-state index in [0.29, 0.717) is 17.9 Å². The lowest BCUT2D eigenvalue weighted by Gasteiger charge is -2.05. The summed E-state index contributed by atoms with van der Waals surface area (Å²) in [5, 5.41) is 10.4. The number of rotatable bonds is 3. The number of nitrogens with zero attached hydrogens (tertiary/aromatic N) is 4. The third-order valence-electron chi connectivity index (χ3n) is 4.07. The van der Waals surface area contributed by atoms with Crippen LogP contribution in [0.15, 0.2) is 76.6 Å². The minimum atomic E-state index is -0.514. The van der Waals surface area contributed by atoms with Crippen LogP contribution >= 0.6 is 0 Å². The fourth-order valence-corrected chi connectivity index (χ4v) is 2.77. The SMILES string of the molecule is O=C(N=c1occ(CO)n1Cc1ccccc1)n1ccc2cccnc21. The Morgan fingerprint density at radius 3 is 2.81 bits per heavy atom. The van der Waals surface area contributed by atoms with E-state index in [-0.39, 0.29) is 12.3 Å². The molecule has 0 fully saturated rings. The lowest BCUT2D eigenvalue weighted by Crippen LogP contribution is -2.22. The number of amides is 1. The highest BCUT2D eigenvalue weighted by molar-refractivity contribution is 5.89. The van der Waals surface area contributed by atoms with Crippen molar-refractivity contribution in [1.82, 2.24) is 14.1 Å². The predicted octanol–water partition coefficient (Wildman–Crippen LogP) is 2.54. The monoisotopic (exact) mass is 348 g/mol. The number of carbonyl (C=O) groups is 1. The molecule has 0 unspecified atom stereocenters. The smallest absolute Gasteiger partial charge is 0.357 e. The molecule has 0 bridgehead atoms. The summed E-state index contributed by atoms with van der Waals surface area (Å²) in [6.07, 6.45) is 4.65. The van der Waals surface area contributed by atoms with Gasteiger partial charge in [0.2, 0.25) is 0 Å². The van der Waals surface area contributed by atoms with Crippen molar-refractivity contribution >= 4 is 17.1 Å². The van der Waals surface area contributed by atoms with Crippen LogP contribution in [0.2, 0.25) is 0 Å². The lowest BCUT2D eigenvalue weighted by atomic mass is 10.2. The van der Waals surface area contributed by atoms with Gasteiger partial charge >= 0.3 is 11.7 Å². The van der Waals surface area contributed by atoms with Crippen LogP contribution in [0.4, 0.5) is 4.79 Å². The molecule has 26 heavy (non-hydrogen) atoms. The molecule has 7 heteroatoms. The van der Waals surface area contributed by atoms with E-state index < -0.39 is 6.03 Å². The normalized spacial score (nSPS) is 12.0. The summed E-state index contributed by atoms with van der Waals surface area (Å²) in [5.41, 5.74) is 2.20. The van der Waals surface area contributed by atoms with Crippen molar-refractivity contribution in [3.63, 3.8) is 0 Å². The zero-order valence-corrected chi connectivity index (χ0v) is 13.8. The number of benzene rings is 1. The van der Waals surface area contributed by atoms with Gasteiger partial charge in [-0.05, 0) is 23.8 Å². The average Bonchev–Trinajstić information content (AvgIpc) is 3.27. The maximum absolute atomic E-state index is 12.6. The Morgan fingerprint density at radius 2 is 2.00 bits per heavy atom. The Bertz CT molecular complexity index is 1120. The molecule has 7 nitrogen and oxygen atoms in total. The minimum Gasteiger partial charge on any atom is -0.431 e. The number of aliphatic hydroxyl groups is 1. The highest BCUT2D eigenvalue weighted by atomic mass is 16.3. The van der Waals surface area contributed by atoms with Gasteiger partial charge in [-0.1, -0.05) is 30.3 Å². The number of pyridine rings is 1. The van der Waals surface area contributed by atoms with Crippen molar-refractivity contribution < 1.29 is 14.3 Å². The first kappa shape index (κ1) is 16.0. The van der Waals surface area contributed by atoms with Crippen molar-refractivity contribution in [2.45, 2.75) is 13.2 Å². The molecule has 3 heterocycles. The van der Waals surface area contributed by atoms with Gasteiger partial charge in [-0.25, -0.2) is 9.78 Å². The molecule has 0 aliphatic heterocycles. The molecule has 0 aliphatic rings. The second-order valence-corrected chi connectivity index (χ2v) is 5.74. The molecular weight excluding hydrogens is 332 g/mol. The third-order valence-corrected chi connectivity index (χ3v) is 4.07. The second-order valence-electron chi connectivity index (χ2n) is 5.74. The number of carbonyl (C=O) groups excluding carboxylic acids is 1. The number of aliphatic hydroxyl groups excluding tert-OH is 1. The molecule has 0 radical (unpaired) electrons. The molecule has 130 valence electrons. The van der Waals surface area contributed by atoms with Crippen molar-refractivity contribution in [3.05, 3.63) is 84.1 Å². The van der Waals surface area contributed by atoms with Gasteiger partial charge in [0.25, 0.3) is 0 Å². The van der Waals surface area contributed by atoms with Crippen LogP contribution in [0.1, 0.15) is 11.3 Å². The fourth-order valence-electron chi connectivity index (χ4n) is 2.77. The van der Waals surface area contributed by atoms with Gasteiger partial charge < -0.3 is 9.52 Å². The van der Waals surface area contributed by atoms with E-state index in [1.165, 1.54) is 10.8 Å². The molecule has 1 aromatic carbocycles. The van der Waals surface area contributed by atoms with E-state index in [2.05, 4.69) is 9.98 Å². The van der Waals surface area contributed by atoms with E-state index in [9.17, 15) is 9.90 Å². The molecule has 4 rings (SSSR count). The zero-order chi connectivity index (χ0) is 17.9. The van der Waals surface area contributed by atoms with E-state index in [1.807, 2.05) is 42.5 Å². The van der Waals surface area contributed by atoms with E-state index in [0.717, 1.165) is 10.9 Å². The van der Waals surface area contributed by atoms with Gasteiger partial charge in [0.1, 0.15) is 11.9 Å². The molecule has 0 atom stereocenters. The van der Waals surface area contributed by atoms with E-state index in [4.69, 9.17) is 4.42 Å². The summed E-state index contributed by atoms with van der Waals surface area (Å²) < 4.78 is 8.46. The van der Waals surface area contributed by atoms with Crippen molar-refractivity contribution in [3.8, 4) is 0 Å². The van der Waals surface area contributed by atoms with Crippen LogP contribution in [0, 0.1) is 0 Å². The molecule has 0 aliphatic carbocycles. The summed E-state index contributed by atoms with van der Waals surface area (Å²) >= 11 is 0. The molecule has 3 aromatic heterocycles. The Balaban J connectivity index is 1.75. The summed E-state index contributed by atoms with van der Waals surface area (Å²) in [7, 11) is 0. The lowest BCUT2D eigenvalue weighted by molar-refractivity contribution is 0.248. The first-order valence-corrected chi connectivity index (χ1v) is 8.09. The van der Waals surface area contributed by atoms with Gasteiger partial charge in [-0.15, -0.1) is 4.99 Å². The molecule has 1 amide bonds. The van der Waals surface area contributed by atoms with Crippen molar-refractivity contribution in [2.24, 2.45) is 4.99 Å². The molecule has 0 spiro atoms. The quantitative estimate of drug-likeness (QED) is 0.616. The number of hydrogen-bond acceptors (Lipinski definition) is 4. The van der Waals surface area contributed by atoms with Gasteiger partial charge in [-0.3, -0.25) is 9.13 Å². The number of fused-ring (bicyclic) bond motifs is 1. The van der Waals surface area contributed by atoms with Crippen LogP contribution in [0.25, 0.3) is 11.0 Å². The largest absolute Gasteiger partial charge is 0.431 e. The second kappa shape index (κ2) is 6.81. The molecule has 0 saturated carbocycles. The maximum Gasteiger partial charge on any atom is 0.357 e. The molecular formula is C19H16N4O3. The third kappa shape index (κ3) is 2.96. The average molecular weight is 348 g/mol. The van der Waals surface area contributed by atoms with Gasteiger partial charge in [0.15, 0.2) is 0 Å². The minimum absolute atomic E-state index is 0.126. The van der Waals surface area contributed by atoms with Crippen LogP contribution < -0.4 is 5.68 Å². The van der Waals surface area contributed by atoms with Gasteiger partial charge in [-0.2, -0.15) is 0 Å².